The van der Waals surface area contributed by atoms with Crippen molar-refractivity contribution in [3.05, 3.63) is 50.2 Å². The summed E-state index contributed by atoms with van der Waals surface area (Å²) in [4.78, 5) is 22.6. The van der Waals surface area contributed by atoms with Gasteiger partial charge in [-0.3, -0.25) is 14.9 Å². The highest BCUT2D eigenvalue weighted by Gasteiger charge is 2.11. The Morgan fingerprint density at radius 3 is 2.81 bits per heavy atom. The number of nitro groups is 1. The molecule has 21 heavy (non-hydrogen) atoms. The van der Waals surface area contributed by atoms with Crippen LogP contribution in [0.25, 0.3) is 0 Å². The van der Waals surface area contributed by atoms with Crippen molar-refractivity contribution in [2.75, 3.05) is 10.6 Å². The number of anilines is 2. The second-order valence-electron chi connectivity index (χ2n) is 4.55. The minimum atomic E-state index is -0.394. The van der Waals surface area contributed by atoms with E-state index >= 15 is 0 Å². The van der Waals surface area contributed by atoms with Crippen LogP contribution < -0.4 is 10.6 Å². The molecule has 0 saturated heterocycles. The van der Waals surface area contributed by atoms with Gasteiger partial charge in [0.2, 0.25) is 5.91 Å². The van der Waals surface area contributed by atoms with Crippen LogP contribution in [-0.4, -0.2) is 10.8 Å². The molecule has 0 saturated carbocycles. The van der Waals surface area contributed by atoms with Gasteiger partial charge in [-0.1, -0.05) is 6.07 Å². The van der Waals surface area contributed by atoms with Crippen LogP contribution in [0.5, 0.6) is 0 Å². The van der Waals surface area contributed by atoms with Crippen LogP contribution in [-0.2, 0) is 11.3 Å². The molecule has 0 aliphatic rings. The molecule has 0 unspecified atom stereocenters. The smallest absolute Gasteiger partial charge is 0.274 e. The van der Waals surface area contributed by atoms with Gasteiger partial charge in [0.25, 0.3) is 5.69 Å². The van der Waals surface area contributed by atoms with Crippen molar-refractivity contribution in [2.24, 2.45) is 0 Å². The number of nitrogens with one attached hydrogen (secondary N) is 2. The molecule has 0 spiro atoms. The number of nitro benzene ring substituents is 1. The number of thiophene rings is 1. The van der Waals surface area contributed by atoms with Crippen molar-refractivity contribution in [3.63, 3.8) is 0 Å². The predicted octanol–water partition coefficient (Wildman–Crippen LogP) is 3.54. The SMILES string of the molecule is CC(=O)Nc1ccsc1CNc1ccc(C)c([N+](=O)[O-])c1. The Morgan fingerprint density at radius 1 is 1.38 bits per heavy atom. The van der Waals surface area contributed by atoms with Crippen molar-refractivity contribution in [1.29, 1.82) is 0 Å². The molecule has 7 heteroatoms. The van der Waals surface area contributed by atoms with E-state index in [0.29, 0.717) is 17.8 Å². The van der Waals surface area contributed by atoms with E-state index in [0.717, 1.165) is 10.6 Å². The molecular formula is C14H15N3O3S. The molecule has 0 bridgehead atoms. The maximum atomic E-state index is 11.1. The topological polar surface area (TPSA) is 84.3 Å². The number of amides is 1. The van der Waals surface area contributed by atoms with E-state index in [1.807, 2.05) is 11.4 Å². The molecule has 110 valence electrons. The van der Waals surface area contributed by atoms with Crippen LogP contribution in [0.2, 0.25) is 0 Å². The van der Waals surface area contributed by atoms with Crippen molar-refractivity contribution in [3.8, 4) is 0 Å². The van der Waals surface area contributed by atoms with E-state index in [1.54, 1.807) is 19.1 Å². The first-order valence-corrected chi connectivity index (χ1v) is 7.18. The maximum absolute atomic E-state index is 11.1. The predicted molar refractivity (Wildman–Crippen MR) is 83.8 cm³/mol. The molecule has 6 nitrogen and oxygen atoms in total. The van der Waals surface area contributed by atoms with Gasteiger partial charge >= 0.3 is 0 Å². The fourth-order valence-corrected chi connectivity index (χ4v) is 2.65. The fourth-order valence-electron chi connectivity index (χ4n) is 1.88. The monoisotopic (exact) mass is 305 g/mol. The largest absolute Gasteiger partial charge is 0.380 e. The Balaban J connectivity index is 2.10. The summed E-state index contributed by atoms with van der Waals surface area (Å²) < 4.78 is 0. The standard InChI is InChI=1S/C14H15N3O3S/c1-9-3-4-11(7-13(9)17(19)20)15-8-14-12(5-6-21-14)16-10(2)18/h3-7,15H,8H2,1-2H3,(H,16,18). The average Bonchev–Trinajstić information content (AvgIpc) is 2.84. The van der Waals surface area contributed by atoms with Gasteiger partial charge in [-0.25, -0.2) is 0 Å². The van der Waals surface area contributed by atoms with Gasteiger partial charge in [-0.05, 0) is 24.4 Å². The molecule has 1 aromatic heterocycles. The number of hydrogen-bond donors (Lipinski definition) is 2. The lowest BCUT2D eigenvalue weighted by Gasteiger charge is -2.08. The fraction of sp³-hybridized carbons (Fsp3) is 0.214. The van der Waals surface area contributed by atoms with Gasteiger partial charge in [-0.15, -0.1) is 11.3 Å². The first-order chi connectivity index (χ1) is 9.97. The van der Waals surface area contributed by atoms with Crippen molar-refractivity contribution in [2.45, 2.75) is 20.4 Å². The number of benzene rings is 1. The summed E-state index contributed by atoms with van der Waals surface area (Å²) in [6, 6.07) is 6.86. The van der Waals surface area contributed by atoms with Crippen LogP contribution in [0.1, 0.15) is 17.4 Å². The quantitative estimate of drug-likeness (QED) is 0.653. The Hall–Kier alpha value is -2.41. The highest BCUT2D eigenvalue weighted by atomic mass is 32.1. The number of aryl methyl sites for hydroxylation is 1. The van der Waals surface area contributed by atoms with Gasteiger partial charge in [0, 0.05) is 29.1 Å². The van der Waals surface area contributed by atoms with E-state index in [2.05, 4.69) is 10.6 Å². The first kappa shape index (κ1) is 15.0. The Kier molecular flexibility index (Phi) is 4.54. The van der Waals surface area contributed by atoms with Crippen molar-refractivity contribution in [1.82, 2.24) is 0 Å². The number of rotatable bonds is 5. The van der Waals surface area contributed by atoms with Gasteiger partial charge < -0.3 is 10.6 Å². The summed E-state index contributed by atoms with van der Waals surface area (Å²) in [5.74, 6) is -0.124. The van der Waals surface area contributed by atoms with Crippen LogP contribution in [0.4, 0.5) is 17.1 Å². The van der Waals surface area contributed by atoms with Crippen LogP contribution >= 0.6 is 11.3 Å². The van der Waals surface area contributed by atoms with E-state index in [4.69, 9.17) is 0 Å². The Bertz CT molecular complexity index is 682. The maximum Gasteiger partial charge on any atom is 0.274 e. The summed E-state index contributed by atoms with van der Waals surface area (Å²) in [6.07, 6.45) is 0. The van der Waals surface area contributed by atoms with Crippen molar-refractivity contribution < 1.29 is 9.72 Å². The molecule has 2 aromatic rings. The molecule has 1 heterocycles. The third-order valence-electron chi connectivity index (χ3n) is 2.92. The molecule has 0 aliphatic heterocycles. The third kappa shape index (κ3) is 3.79. The highest BCUT2D eigenvalue weighted by molar-refractivity contribution is 7.10. The normalized spacial score (nSPS) is 10.2. The molecule has 0 fully saturated rings. The lowest BCUT2D eigenvalue weighted by molar-refractivity contribution is -0.385. The van der Waals surface area contributed by atoms with Crippen LogP contribution in [0.15, 0.2) is 29.6 Å². The average molecular weight is 305 g/mol. The molecule has 2 N–H and O–H groups in total. The second-order valence-corrected chi connectivity index (χ2v) is 5.55. The summed E-state index contributed by atoms with van der Waals surface area (Å²) >= 11 is 1.51. The van der Waals surface area contributed by atoms with Crippen molar-refractivity contribution >= 4 is 34.3 Å². The molecular weight excluding hydrogens is 290 g/mol. The van der Waals surface area contributed by atoms with Gasteiger partial charge in [0.05, 0.1) is 17.2 Å². The Morgan fingerprint density at radius 2 is 2.14 bits per heavy atom. The van der Waals surface area contributed by atoms with Gasteiger partial charge in [0.15, 0.2) is 0 Å². The molecule has 1 amide bonds. The summed E-state index contributed by atoms with van der Waals surface area (Å²) in [5.41, 5.74) is 2.16. The van der Waals surface area contributed by atoms with E-state index < -0.39 is 4.92 Å². The molecule has 0 atom stereocenters. The molecule has 0 aliphatic carbocycles. The number of carbonyl (C=O) groups is 1. The molecule has 1 aromatic carbocycles. The molecule has 0 radical (unpaired) electrons. The van der Waals surface area contributed by atoms with Crippen LogP contribution in [0, 0.1) is 17.0 Å². The minimum absolute atomic E-state index is 0.0910. The third-order valence-corrected chi connectivity index (χ3v) is 3.84. The second kappa shape index (κ2) is 6.36. The number of hydrogen-bond acceptors (Lipinski definition) is 5. The lowest BCUT2D eigenvalue weighted by Crippen LogP contribution is -2.08. The van der Waals surface area contributed by atoms with Gasteiger partial charge in [0.1, 0.15) is 0 Å². The zero-order chi connectivity index (χ0) is 15.4. The zero-order valence-corrected chi connectivity index (χ0v) is 12.5. The van der Waals surface area contributed by atoms with E-state index in [-0.39, 0.29) is 11.6 Å². The number of carbonyl (C=O) groups excluding carboxylic acids is 1. The summed E-state index contributed by atoms with van der Waals surface area (Å²) in [6.45, 7) is 3.65. The highest BCUT2D eigenvalue weighted by Crippen LogP contribution is 2.26. The minimum Gasteiger partial charge on any atom is -0.380 e. The van der Waals surface area contributed by atoms with Gasteiger partial charge in [-0.2, -0.15) is 0 Å². The van der Waals surface area contributed by atoms with E-state index in [1.165, 1.54) is 24.3 Å². The molecule has 2 rings (SSSR count). The van der Waals surface area contributed by atoms with Crippen LogP contribution in [0.3, 0.4) is 0 Å². The first-order valence-electron chi connectivity index (χ1n) is 6.30. The summed E-state index contributed by atoms with van der Waals surface area (Å²) in [7, 11) is 0. The Labute approximate surface area is 126 Å². The number of nitrogens with zero attached hydrogens (tertiary/aromatic N) is 1. The lowest BCUT2D eigenvalue weighted by atomic mass is 10.2. The summed E-state index contributed by atoms with van der Waals surface area (Å²) in [5, 5.41) is 18.7. The zero-order valence-electron chi connectivity index (χ0n) is 11.7. The van der Waals surface area contributed by atoms with E-state index in [9.17, 15) is 14.9 Å².